The molecule has 6 nitrogen and oxygen atoms in total. The fourth-order valence-electron chi connectivity index (χ4n) is 6.50. The second-order valence-corrected chi connectivity index (χ2v) is 15.4. The monoisotopic (exact) mass is 729 g/mol. The van der Waals surface area contributed by atoms with Crippen LogP contribution in [0.1, 0.15) is 213 Å². The van der Waals surface area contributed by atoms with Crippen LogP contribution in [0.4, 0.5) is 0 Å². The smallest absolute Gasteiger partial charge is 0.305 e. The van der Waals surface area contributed by atoms with E-state index in [2.05, 4.69) is 36.6 Å². The second kappa shape index (κ2) is 43.1. The van der Waals surface area contributed by atoms with Gasteiger partial charge in [0.15, 0.2) is 6.29 Å². The van der Waals surface area contributed by atoms with Gasteiger partial charge in [-0.15, -0.1) is 0 Å². The minimum absolute atomic E-state index is 0.000331. The van der Waals surface area contributed by atoms with Crippen LogP contribution in [0.15, 0.2) is 0 Å². The van der Waals surface area contributed by atoms with Crippen LogP contribution in [0.5, 0.6) is 0 Å². The number of carbonyl (C=O) groups excluding carboxylic acids is 1. The Morgan fingerprint density at radius 1 is 0.520 bits per heavy atom. The summed E-state index contributed by atoms with van der Waals surface area (Å²) in [5, 5.41) is 0. The lowest BCUT2D eigenvalue weighted by molar-refractivity contribution is -0.148. The Balaban J connectivity index is 4.13. The summed E-state index contributed by atoms with van der Waals surface area (Å²) in [7, 11) is 0. The van der Waals surface area contributed by atoms with Gasteiger partial charge < -0.3 is 19.1 Å². The van der Waals surface area contributed by atoms with Crippen LogP contribution in [0.25, 0.3) is 0 Å². The van der Waals surface area contributed by atoms with E-state index in [9.17, 15) is 4.79 Å². The predicted molar refractivity (Wildman–Crippen MR) is 220 cm³/mol. The Bertz CT molecular complexity index is 638. The molecule has 0 aromatic heterocycles. The third-order valence-electron chi connectivity index (χ3n) is 9.81. The van der Waals surface area contributed by atoms with Crippen LogP contribution in [-0.2, 0) is 19.0 Å². The maximum Gasteiger partial charge on any atom is 0.305 e. The average molecular weight is 729 g/mol. The fourth-order valence-corrected chi connectivity index (χ4v) is 6.80. The fraction of sp³-hybridized carbons (Fsp3) is 0.977. The Kier molecular flexibility index (Phi) is 42.8. The molecular formula is C43H88N2O4S. The first-order valence-corrected chi connectivity index (χ1v) is 23.3. The number of hydrogen-bond donors (Lipinski definition) is 1. The molecule has 0 atom stereocenters. The number of esters is 1. The first-order valence-electron chi connectivity index (χ1n) is 22.0. The first-order chi connectivity index (χ1) is 24.7. The maximum absolute atomic E-state index is 12.1. The largest absolute Gasteiger partial charge is 0.466 e. The molecule has 0 aromatic carbocycles. The van der Waals surface area contributed by atoms with Gasteiger partial charge in [-0.25, -0.2) is 0 Å². The molecule has 0 aromatic rings. The highest BCUT2D eigenvalue weighted by molar-refractivity contribution is 7.96. The van der Waals surface area contributed by atoms with E-state index in [1.54, 1.807) is 11.9 Å². The van der Waals surface area contributed by atoms with Gasteiger partial charge in [0.25, 0.3) is 0 Å². The lowest BCUT2D eigenvalue weighted by atomic mass is 10.1. The van der Waals surface area contributed by atoms with E-state index >= 15 is 0 Å². The van der Waals surface area contributed by atoms with Gasteiger partial charge in [-0.2, -0.15) is 0 Å². The molecule has 7 heteroatoms. The number of hydrogen-bond acceptors (Lipinski definition) is 7. The molecule has 0 unspecified atom stereocenters. The summed E-state index contributed by atoms with van der Waals surface area (Å²) in [4.78, 5) is 14.7. The lowest BCUT2D eigenvalue weighted by Crippen LogP contribution is -2.32. The predicted octanol–water partition coefficient (Wildman–Crippen LogP) is 12.8. The molecule has 0 aliphatic rings. The minimum atomic E-state index is -0.0176. The van der Waals surface area contributed by atoms with E-state index in [1.807, 2.05) is 0 Å². The van der Waals surface area contributed by atoms with Crippen LogP contribution in [0, 0.1) is 0 Å². The molecule has 0 amide bonds. The summed E-state index contributed by atoms with van der Waals surface area (Å²) in [6, 6.07) is 0. The average Bonchev–Trinajstić information content (AvgIpc) is 3.12. The third kappa shape index (κ3) is 38.9. The van der Waals surface area contributed by atoms with Crippen molar-refractivity contribution in [2.24, 2.45) is 0 Å². The Morgan fingerprint density at radius 2 is 0.940 bits per heavy atom. The molecule has 0 rings (SSSR count). The van der Waals surface area contributed by atoms with Gasteiger partial charge in [-0.05, 0) is 70.7 Å². The minimum Gasteiger partial charge on any atom is -0.466 e. The van der Waals surface area contributed by atoms with Gasteiger partial charge in [0.1, 0.15) is 0 Å². The van der Waals surface area contributed by atoms with Crippen molar-refractivity contribution in [3.05, 3.63) is 0 Å². The maximum atomic E-state index is 12.1. The first kappa shape index (κ1) is 49.7. The molecule has 300 valence electrons. The molecule has 0 aliphatic heterocycles. The molecule has 0 saturated heterocycles. The van der Waals surface area contributed by atoms with Crippen LogP contribution in [0.3, 0.4) is 0 Å². The van der Waals surface area contributed by atoms with Crippen molar-refractivity contribution in [1.29, 1.82) is 0 Å². The van der Waals surface area contributed by atoms with Crippen molar-refractivity contribution in [3.8, 4) is 0 Å². The molecular weight excluding hydrogens is 641 g/mol. The molecule has 50 heavy (non-hydrogen) atoms. The summed E-state index contributed by atoms with van der Waals surface area (Å²) < 4.78 is 21.4. The molecule has 0 aliphatic carbocycles. The Labute approximate surface area is 317 Å². The molecule has 0 saturated carbocycles. The number of ether oxygens (including phenoxy) is 3. The summed E-state index contributed by atoms with van der Waals surface area (Å²) >= 11 is 1.72. The Hall–Kier alpha value is -0.340. The highest BCUT2D eigenvalue weighted by Crippen LogP contribution is 2.15. The normalized spacial score (nSPS) is 11.7. The quantitative estimate of drug-likeness (QED) is 0.0290. The van der Waals surface area contributed by atoms with Gasteiger partial charge in [0, 0.05) is 32.7 Å². The number of nitrogens with one attached hydrogen (secondary N) is 1. The molecule has 0 heterocycles. The van der Waals surface area contributed by atoms with Crippen molar-refractivity contribution in [2.45, 2.75) is 220 Å². The number of nitrogens with zero attached hydrogens (tertiary/aromatic N) is 1. The molecule has 0 radical (unpaired) electrons. The van der Waals surface area contributed by atoms with Crippen molar-refractivity contribution in [2.75, 3.05) is 52.3 Å². The topological polar surface area (TPSA) is 60.0 Å². The molecule has 1 N–H and O–H groups in total. The third-order valence-corrected chi connectivity index (χ3v) is 10.3. The highest BCUT2D eigenvalue weighted by atomic mass is 32.2. The van der Waals surface area contributed by atoms with Crippen LogP contribution in [-0.4, -0.2) is 69.4 Å². The van der Waals surface area contributed by atoms with E-state index in [1.165, 1.54) is 161 Å². The molecule has 0 spiro atoms. The number of carbonyl (C=O) groups is 1. The van der Waals surface area contributed by atoms with Crippen molar-refractivity contribution < 1.29 is 19.0 Å². The number of unbranched alkanes of at least 4 members (excludes halogenated alkanes) is 23. The van der Waals surface area contributed by atoms with E-state index < -0.39 is 0 Å². The summed E-state index contributed by atoms with van der Waals surface area (Å²) in [6.45, 7) is 13.6. The van der Waals surface area contributed by atoms with Crippen molar-refractivity contribution in [1.82, 2.24) is 9.62 Å². The second-order valence-electron chi connectivity index (χ2n) is 14.7. The highest BCUT2D eigenvalue weighted by Gasteiger charge is 2.10. The summed E-state index contributed by atoms with van der Waals surface area (Å²) in [5.41, 5.74) is 0. The van der Waals surface area contributed by atoms with E-state index in [-0.39, 0.29) is 12.3 Å². The zero-order valence-corrected chi connectivity index (χ0v) is 35.0. The lowest BCUT2D eigenvalue weighted by Gasteiger charge is -2.22. The zero-order valence-electron chi connectivity index (χ0n) is 34.2. The summed E-state index contributed by atoms with van der Waals surface area (Å²) in [6.07, 6.45) is 38.9. The number of rotatable bonds is 43. The Morgan fingerprint density at radius 3 is 1.44 bits per heavy atom. The van der Waals surface area contributed by atoms with Crippen LogP contribution in [0.2, 0.25) is 0 Å². The van der Waals surface area contributed by atoms with Gasteiger partial charge in [-0.1, -0.05) is 168 Å². The molecule has 0 bridgehead atoms. The standard InChI is InChI=1S/C43H88N2O4S/c1-5-8-11-14-17-25-30-39-47-42(46)33-26-19-18-21-28-36-45(38-35-44-50-4)37-29-22-20-27-34-43(48-40-31-23-15-12-9-6-2)49-41-32-24-16-13-10-7-3/h43-44H,5-41H2,1-4H3. The van der Waals surface area contributed by atoms with Gasteiger partial charge in [-0.3, -0.25) is 9.52 Å². The zero-order chi connectivity index (χ0) is 36.4. The van der Waals surface area contributed by atoms with Gasteiger partial charge in [0.2, 0.25) is 0 Å². The van der Waals surface area contributed by atoms with Gasteiger partial charge in [0.05, 0.1) is 6.61 Å². The van der Waals surface area contributed by atoms with Crippen molar-refractivity contribution in [3.63, 3.8) is 0 Å². The van der Waals surface area contributed by atoms with Crippen molar-refractivity contribution >= 4 is 17.9 Å². The van der Waals surface area contributed by atoms with Crippen LogP contribution >= 0.6 is 11.9 Å². The van der Waals surface area contributed by atoms with E-state index in [0.717, 1.165) is 64.8 Å². The van der Waals surface area contributed by atoms with Crippen LogP contribution < -0.4 is 4.72 Å². The van der Waals surface area contributed by atoms with E-state index in [0.29, 0.717) is 13.0 Å². The van der Waals surface area contributed by atoms with E-state index in [4.69, 9.17) is 14.2 Å². The summed E-state index contributed by atoms with van der Waals surface area (Å²) in [5.74, 6) is 0.000331. The molecule has 0 fully saturated rings. The SMILES string of the molecule is CCCCCCCCCOC(=O)CCCCCCCN(CCCCCCC(OCCCCCCCC)OCCCCCCCC)CCNSC. The van der Waals surface area contributed by atoms with Gasteiger partial charge >= 0.3 is 5.97 Å².